The molecule has 1 aliphatic heterocycles. The number of halogens is 4. The number of aromatic nitrogens is 3. The summed E-state index contributed by atoms with van der Waals surface area (Å²) in [5.74, 6) is -6.94. The molecule has 0 unspecified atom stereocenters. The Morgan fingerprint density at radius 3 is 2.54 bits per heavy atom. The molecule has 0 saturated heterocycles. The highest BCUT2D eigenvalue weighted by atomic mass is 19.3. The number of fused-ring (bicyclic) bond motifs is 2. The van der Waals surface area contributed by atoms with Crippen LogP contribution in [0.5, 0.6) is 17.2 Å². The van der Waals surface area contributed by atoms with Crippen molar-refractivity contribution in [2.75, 3.05) is 20.3 Å². The van der Waals surface area contributed by atoms with Gasteiger partial charge in [0.1, 0.15) is 28.3 Å². The molecule has 3 aliphatic rings. The Morgan fingerprint density at radius 1 is 1.15 bits per heavy atom. The molecule has 1 atom stereocenters. The molecule has 2 saturated carbocycles. The standard InChI is InChI=1S/C33H31F4N5O6/c1-3-47-28-21(29(38)43)13-25(40-27(28)16-4-9-22-23(11-16)48-33(36,37)32(22,34)35)31(45,19-5-6-19)15-39-30(44)17-10-18-14-42(20-7-8-20)41-26(18)24(12-17)46-2/h4,9-14,19-20,45H,3,5-8,15H2,1-2H3,(H2,38,43)(H,39,44)/t31-/m1/s1. The van der Waals surface area contributed by atoms with E-state index in [9.17, 15) is 32.3 Å². The second-order valence-electron chi connectivity index (χ2n) is 12.3. The second-order valence-corrected chi connectivity index (χ2v) is 12.3. The van der Waals surface area contributed by atoms with Crippen molar-refractivity contribution in [1.29, 1.82) is 0 Å². The number of aliphatic hydroxyl groups is 1. The number of benzene rings is 2. The molecule has 7 rings (SSSR count). The van der Waals surface area contributed by atoms with Crippen LogP contribution in [0.15, 0.2) is 42.6 Å². The van der Waals surface area contributed by atoms with Crippen molar-refractivity contribution in [2.24, 2.45) is 11.7 Å². The first-order valence-corrected chi connectivity index (χ1v) is 15.4. The normalized spacial score (nSPS) is 18.9. The minimum absolute atomic E-state index is 0.00984. The second kappa shape index (κ2) is 11.1. The van der Waals surface area contributed by atoms with Crippen LogP contribution < -0.4 is 25.3 Å². The van der Waals surface area contributed by atoms with Crippen molar-refractivity contribution in [3.05, 3.63) is 65.0 Å². The van der Waals surface area contributed by atoms with E-state index in [-0.39, 0.29) is 52.9 Å². The maximum absolute atomic E-state index is 14.3. The fraction of sp³-hybridized carbons (Fsp3) is 0.394. The minimum Gasteiger partial charge on any atom is -0.494 e. The monoisotopic (exact) mass is 669 g/mol. The topological polar surface area (TPSA) is 151 Å². The Labute approximate surface area is 271 Å². The Balaban J connectivity index is 1.25. The fourth-order valence-electron chi connectivity index (χ4n) is 6.05. The third-order valence-electron chi connectivity index (χ3n) is 8.93. The largest absolute Gasteiger partial charge is 0.494 e. The molecule has 2 fully saturated rings. The predicted octanol–water partition coefficient (Wildman–Crippen LogP) is 5.04. The van der Waals surface area contributed by atoms with Gasteiger partial charge in [0.2, 0.25) is 0 Å². The van der Waals surface area contributed by atoms with Crippen molar-refractivity contribution in [2.45, 2.75) is 56.3 Å². The van der Waals surface area contributed by atoms with E-state index in [1.165, 1.54) is 13.2 Å². The van der Waals surface area contributed by atoms with Gasteiger partial charge in [-0.2, -0.15) is 22.7 Å². The molecule has 2 aromatic heterocycles. The van der Waals surface area contributed by atoms with E-state index >= 15 is 0 Å². The quantitative estimate of drug-likeness (QED) is 0.188. The highest BCUT2D eigenvalue weighted by molar-refractivity contribution is 6.00. The summed E-state index contributed by atoms with van der Waals surface area (Å²) in [5, 5.41) is 20.2. The van der Waals surface area contributed by atoms with Crippen LogP contribution in [0.4, 0.5) is 17.6 Å². The number of nitrogens with zero attached hydrogens (tertiary/aromatic N) is 3. The first kappa shape index (κ1) is 31.7. The van der Waals surface area contributed by atoms with Gasteiger partial charge in [0.15, 0.2) is 5.75 Å². The van der Waals surface area contributed by atoms with E-state index in [2.05, 4.69) is 20.1 Å². The number of nitrogens with two attached hydrogens (primary N) is 1. The highest BCUT2D eigenvalue weighted by Gasteiger charge is 2.66. The number of primary amides is 1. The van der Waals surface area contributed by atoms with Gasteiger partial charge in [-0.25, -0.2) is 4.98 Å². The van der Waals surface area contributed by atoms with Gasteiger partial charge < -0.3 is 30.4 Å². The van der Waals surface area contributed by atoms with Gasteiger partial charge in [0.05, 0.1) is 43.1 Å². The van der Waals surface area contributed by atoms with Gasteiger partial charge in [0, 0.05) is 22.7 Å². The minimum atomic E-state index is -4.78. The van der Waals surface area contributed by atoms with Crippen LogP contribution in [-0.4, -0.2) is 58.1 Å². The lowest BCUT2D eigenvalue weighted by atomic mass is 9.90. The van der Waals surface area contributed by atoms with Gasteiger partial charge in [-0.05, 0) is 68.9 Å². The lowest BCUT2D eigenvalue weighted by Crippen LogP contribution is -2.43. The third kappa shape index (κ3) is 5.16. The summed E-state index contributed by atoms with van der Waals surface area (Å²) in [5.41, 5.74) is 3.36. The Morgan fingerprint density at radius 2 is 1.90 bits per heavy atom. The Bertz CT molecular complexity index is 1980. The van der Waals surface area contributed by atoms with Crippen LogP contribution in [0.3, 0.4) is 0 Å². The average Bonchev–Trinajstić information content (AvgIpc) is 3.99. The molecule has 0 bridgehead atoms. The number of carbonyl (C=O) groups is 2. The van der Waals surface area contributed by atoms with E-state index in [4.69, 9.17) is 15.2 Å². The molecule has 0 radical (unpaired) electrons. The van der Waals surface area contributed by atoms with E-state index in [1.807, 2.05) is 10.9 Å². The van der Waals surface area contributed by atoms with Gasteiger partial charge in [-0.1, -0.05) is 6.07 Å². The third-order valence-corrected chi connectivity index (χ3v) is 8.93. The molecule has 2 aromatic carbocycles. The molecular weight excluding hydrogens is 638 g/mol. The van der Waals surface area contributed by atoms with Crippen LogP contribution in [0.25, 0.3) is 22.2 Å². The molecule has 15 heteroatoms. The molecule has 48 heavy (non-hydrogen) atoms. The van der Waals surface area contributed by atoms with Crippen molar-refractivity contribution >= 4 is 22.7 Å². The fourth-order valence-corrected chi connectivity index (χ4v) is 6.05. The van der Waals surface area contributed by atoms with Crippen molar-refractivity contribution in [1.82, 2.24) is 20.1 Å². The summed E-state index contributed by atoms with van der Waals surface area (Å²) in [7, 11) is 1.48. The number of ether oxygens (including phenoxy) is 3. The van der Waals surface area contributed by atoms with Crippen LogP contribution >= 0.6 is 0 Å². The molecule has 2 amide bonds. The molecule has 4 N–H and O–H groups in total. The average molecular weight is 670 g/mol. The molecule has 11 nitrogen and oxygen atoms in total. The van der Waals surface area contributed by atoms with E-state index in [0.717, 1.165) is 31.0 Å². The number of amides is 2. The first-order valence-electron chi connectivity index (χ1n) is 15.4. The molecule has 3 heterocycles. The van der Waals surface area contributed by atoms with E-state index < -0.39 is 40.8 Å². The molecule has 0 spiro atoms. The summed E-state index contributed by atoms with van der Waals surface area (Å²) in [4.78, 5) is 30.8. The first-order chi connectivity index (χ1) is 22.8. The molecule has 2 aliphatic carbocycles. The number of pyridine rings is 1. The number of rotatable bonds is 11. The van der Waals surface area contributed by atoms with E-state index in [0.29, 0.717) is 35.5 Å². The lowest BCUT2D eigenvalue weighted by molar-refractivity contribution is -0.296. The zero-order chi connectivity index (χ0) is 34.2. The van der Waals surface area contributed by atoms with Gasteiger partial charge in [0.25, 0.3) is 11.8 Å². The number of hydrogen-bond acceptors (Lipinski definition) is 8. The number of hydrogen-bond donors (Lipinski definition) is 3. The highest BCUT2D eigenvalue weighted by Crippen LogP contribution is 2.54. The summed E-state index contributed by atoms with van der Waals surface area (Å²) in [6, 6.07) is 7.65. The smallest absolute Gasteiger partial charge is 0.469 e. The van der Waals surface area contributed by atoms with Crippen molar-refractivity contribution in [3.8, 4) is 28.5 Å². The number of alkyl halides is 4. The Kier molecular flexibility index (Phi) is 7.31. The number of nitrogens with one attached hydrogen (secondary N) is 1. The zero-order valence-corrected chi connectivity index (χ0v) is 25.9. The number of carbonyl (C=O) groups excluding carboxylic acids is 2. The summed E-state index contributed by atoms with van der Waals surface area (Å²) >= 11 is 0. The van der Waals surface area contributed by atoms with Crippen LogP contribution in [0.1, 0.15) is 70.6 Å². The molecule has 252 valence electrons. The Hall–Kier alpha value is -4.92. The maximum Gasteiger partial charge on any atom is 0.469 e. The molecular formula is C33H31F4N5O6. The van der Waals surface area contributed by atoms with Crippen molar-refractivity contribution in [3.63, 3.8) is 0 Å². The summed E-state index contributed by atoms with van der Waals surface area (Å²) in [6.45, 7) is 1.32. The van der Waals surface area contributed by atoms with E-state index in [1.54, 1.807) is 19.1 Å². The SMILES string of the molecule is CCOc1c(C(N)=O)cc([C@@](O)(CNC(=O)c2cc(OC)c3nn(C4CC4)cc3c2)C2CC2)nc1-c1ccc2c(c1)OC(F)(F)C2(F)F. The predicted molar refractivity (Wildman–Crippen MR) is 162 cm³/mol. The van der Waals surface area contributed by atoms with Crippen LogP contribution in [0.2, 0.25) is 0 Å². The number of methoxy groups -OCH3 is 1. The zero-order valence-electron chi connectivity index (χ0n) is 25.9. The lowest BCUT2D eigenvalue weighted by Gasteiger charge is -2.29. The summed E-state index contributed by atoms with van der Waals surface area (Å²) in [6.07, 6.45) is 0.262. The summed E-state index contributed by atoms with van der Waals surface area (Å²) < 4.78 is 74.0. The van der Waals surface area contributed by atoms with Gasteiger partial charge in [-0.3, -0.25) is 14.3 Å². The maximum atomic E-state index is 14.3. The molecule has 4 aromatic rings. The van der Waals surface area contributed by atoms with Crippen LogP contribution in [0, 0.1) is 5.92 Å². The van der Waals surface area contributed by atoms with Gasteiger partial charge in [-0.15, -0.1) is 0 Å². The van der Waals surface area contributed by atoms with Gasteiger partial charge >= 0.3 is 12.0 Å². The van der Waals surface area contributed by atoms with Crippen molar-refractivity contribution < 1.29 is 46.5 Å². The van der Waals surface area contributed by atoms with Crippen LogP contribution in [-0.2, 0) is 11.5 Å².